The summed E-state index contributed by atoms with van der Waals surface area (Å²) in [7, 11) is 0. The molecule has 13 rings (SSSR count). The van der Waals surface area contributed by atoms with Crippen LogP contribution >= 0.6 is 0 Å². The van der Waals surface area contributed by atoms with Crippen molar-refractivity contribution in [3.63, 3.8) is 0 Å². The lowest BCUT2D eigenvalue weighted by molar-refractivity contribution is 1.30. The molecule has 2 nitrogen and oxygen atoms in total. The van der Waals surface area contributed by atoms with Crippen LogP contribution < -0.4 is 9.80 Å². The molecule has 0 saturated carbocycles. The third kappa shape index (κ3) is 4.64. The first-order valence-electron chi connectivity index (χ1n) is 20.8. The van der Waals surface area contributed by atoms with Crippen molar-refractivity contribution in [1.29, 1.82) is 0 Å². The molecule has 2 heteroatoms. The van der Waals surface area contributed by atoms with Gasteiger partial charge in [-0.25, -0.2) is 0 Å². The lowest BCUT2D eigenvalue weighted by Gasteiger charge is -2.32. The van der Waals surface area contributed by atoms with E-state index >= 15 is 0 Å². The van der Waals surface area contributed by atoms with E-state index in [9.17, 15) is 0 Å². The zero-order valence-corrected chi connectivity index (χ0v) is 32.7. The van der Waals surface area contributed by atoms with E-state index in [2.05, 4.69) is 228 Å². The highest BCUT2D eigenvalue weighted by atomic mass is 15.2. The number of fused-ring (bicyclic) bond motifs is 9. The van der Waals surface area contributed by atoms with Crippen molar-refractivity contribution in [2.24, 2.45) is 0 Å². The van der Waals surface area contributed by atoms with Crippen molar-refractivity contribution in [3.8, 4) is 0 Å². The third-order valence-electron chi connectivity index (χ3n) is 12.8. The molecule has 0 saturated heterocycles. The number of anilines is 6. The smallest absolute Gasteiger partial charge is 0.0626 e. The second-order valence-corrected chi connectivity index (χ2v) is 16.0. The SMILES string of the molecule is c1ccc(N(c2ccccc2)c2c3cc4c(cc3c(N(c3ccccc3)c3ccccc3)c3c5cc6ccccc6c6cccc(c23)c65)c2cccc3cccc4c32)cc1. The Hall–Kier alpha value is -7.94. The summed E-state index contributed by atoms with van der Waals surface area (Å²) in [6.45, 7) is 0. The molecular formula is C58H36N2. The highest BCUT2D eigenvalue weighted by Gasteiger charge is 2.30. The van der Waals surface area contributed by atoms with Crippen molar-refractivity contribution in [2.45, 2.75) is 0 Å². The Morgan fingerprint density at radius 3 is 1.07 bits per heavy atom. The Labute approximate surface area is 347 Å². The van der Waals surface area contributed by atoms with Crippen molar-refractivity contribution in [1.82, 2.24) is 0 Å². The van der Waals surface area contributed by atoms with E-state index < -0.39 is 0 Å². The van der Waals surface area contributed by atoms with Crippen LogP contribution in [0.25, 0.3) is 86.2 Å². The van der Waals surface area contributed by atoms with Gasteiger partial charge in [0.05, 0.1) is 11.4 Å². The maximum absolute atomic E-state index is 2.52. The minimum atomic E-state index is 1.11. The normalized spacial score (nSPS) is 12.0. The van der Waals surface area contributed by atoms with Crippen molar-refractivity contribution in [3.05, 3.63) is 218 Å². The van der Waals surface area contributed by atoms with Gasteiger partial charge < -0.3 is 9.80 Å². The van der Waals surface area contributed by atoms with Gasteiger partial charge in [-0.05, 0) is 131 Å². The number of hydrogen-bond donors (Lipinski definition) is 0. The number of nitrogens with zero attached hydrogens (tertiary/aromatic N) is 2. The van der Waals surface area contributed by atoms with Gasteiger partial charge in [0.1, 0.15) is 0 Å². The van der Waals surface area contributed by atoms with Gasteiger partial charge >= 0.3 is 0 Å². The highest BCUT2D eigenvalue weighted by molar-refractivity contribution is 6.44. The van der Waals surface area contributed by atoms with Crippen molar-refractivity contribution in [2.75, 3.05) is 9.80 Å². The van der Waals surface area contributed by atoms with Crippen LogP contribution in [0.4, 0.5) is 34.1 Å². The van der Waals surface area contributed by atoms with Crippen LogP contribution in [0.1, 0.15) is 0 Å². The summed E-state index contributed by atoms with van der Waals surface area (Å²) in [6, 6.07) is 80.6. The van der Waals surface area contributed by atoms with Gasteiger partial charge in [-0.3, -0.25) is 0 Å². The average molecular weight is 761 g/mol. The average Bonchev–Trinajstić information content (AvgIpc) is 3.81. The zero-order chi connectivity index (χ0) is 39.3. The topological polar surface area (TPSA) is 6.48 Å². The number of para-hydroxylation sites is 4. The summed E-state index contributed by atoms with van der Waals surface area (Å²) >= 11 is 0. The monoisotopic (exact) mass is 760 g/mol. The molecule has 13 aromatic carbocycles. The van der Waals surface area contributed by atoms with Gasteiger partial charge in [0.2, 0.25) is 0 Å². The van der Waals surface area contributed by atoms with Crippen LogP contribution in [0, 0.1) is 0 Å². The number of benzene rings is 11. The Balaban J connectivity index is 1.36. The third-order valence-corrected chi connectivity index (χ3v) is 12.8. The van der Waals surface area contributed by atoms with E-state index in [0.29, 0.717) is 0 Å². The predicted molar refractivity (Wildman–Crippen MR) is 258 cm³/mol. The lowest BCUT2D eigenvalue weighted by Crippen LogP contribution is -2.14. The number of rotatable bonds is 6. The fourth-order valence-corrected chi connectivity index (χ4v) is 10.4. The van der Waals surface area contributed by atoms with E-state index in [-0.39, 0.29) is 0 Å². The van der Waals surface area contributed by atoms with Crippen molar-refractivity contribution < 1.29 is 0 Å². The van der Waals surface area contributed by atoms with E-state index in [0.717, 1.165) is 22.7 Å². The quantitative estimate of drug-likeness (QED) is 0.123. The van der Waals surface area contributed by atoms with Crippen LogP contribution in [-0.4, -0.2) is 0 Å². The van der Waals surface area contributed by atoms with Gasteiger partial charge in [0.25, 0.3) is 0 Å². The second-order valence-electron chi connectivity index (χ2n) is 16.0. The molecule has 0 aliphatic rings. The molecule has 0 aliphatic carbocycles. The molecule has 278 valence electrons. The first kappa shape index (κ1) is 33.1. The Morgan fingerprint density at radius 2 is 0.567 bits per heavy atom. The molecule has 0 amide bonds. The van der Waals surface area contributed by atoms with Gasteiger partial charge in [0.15, 0.2) is 0 Å². The fraction of sp³-hybridized carbons (Fsp3) is 0. The Kier molecular flexibility index (Phi) is 7.05. The summed E-state index contributed by atoms with van der Waals surface area (Å²) in [5.74, 6) is 0. The maximum atomic E-state index is 2.52. The molecule has 0 aromatic heterocycles. The molecule has 0 spiro atoms. The summed E-state index contributed by atoms with van der Waals surface area (Å²) < 4.78 is 0. The first-order valence-corrected chi connectivity index (χ1v) is 20.8. The van der Waals surface area contributed by atoms with E-state index in [1.165, 1.54) is 97.6 Å². The zero-order valence-electron chi connectivity index (χ0n) is 32.7. The Bertz CT molecular complexity index is 3670. The van der Waals surface area contributed by atoms with Crippen LogP contribution in [0.15, 0.2) is 218 Å². The van der Waals surface area contributed by atoms with Gasteiger partial charge in [-0.1, -0.05) is 152 Å². The van der Waals surface area contributed by atoms with E-state index in [4.69, 9.17) is 0 Å². The molecule has 0 bridgehead atoms. The summed E-state index contributed by atoms with van der Waals surface area (Å²) in [6.07, 6.45) is 0. The Morgan fingerprint density at radius 1 is 0.200 bits per heavy atom. The molecule has 0 N–H and O–H groups in total. The maximum Gasteiger partial charge on any atom is 0.0626 e. The number of hydrogen-bond acceptors (Lipinski definition) is 2. The minimum absolute atomic E-state index is 1.11. The molecule has 13 aromatic rings. The summed E-state index contributed by atoms with van der Waals surface area (Å²) in [4.78, 5) is 5.03. The van der Waals surface area contributed by atoms with Gasteiger partial charge in [-0.2, -0.15) is 0 Å². The van der Waals surface area contributed by atoms with E-state index in [1.54, 1.807) is 0 Å². The molecule has 0 atom stereocenters. The molecule has 60 heavy (non-hydrogen) atoms. The molecular weight excluding hydrogens is 725 g/mol. The molecule has 0 aliphatic heterocycles. The van der Waals surface area contributed by atoms with Crippen LogP contribution in [0.5, 0.6) is 0 Å². The molecule has 0 radical (unpaired) electrons. The molecule has 0 unspecified atom stereocenters. The predicted octanol–water partition coefficient (Wildman–Crippen LogP) is 16.7. The standard InChI is InChI=1S/C58H36N2/c1-5-21-39(22-6-1)59(40-23-7-2-8-24-40)57-50-35-48-45-30-15-19-37-20-16-31-46(53(37)45)49(48)36-51(50)58(60(41-25-9-3-10-26-41)42-27-11-4-12-28-42)56-52-34-38-18-13-14-29-43(38)44-32-17-33-47(54(44)52)55(56)57/h1-36H. The second kappa shape index (κ2) is 12.8. The minimum Gasteiger partial charge on any atom is -0.309 e. The van der Waals surface area contributed by atoms with E-state index in [1.807, 2.05) is 0 Å². The van der Waals surface area contributed by atoms with Crippen LogP contribution in [-0.2, 0) is 0 Å². The summed E-state index contributed by atoms with van der Waals surface area (Å²) in [5.41, 5.74) is 6.81. The largest absolute Gasteiger partial charge is 0.309 e. The fourth-order valence-electron chi connectivity index (χ4n) is 10.4. The molecule has 0 heterocycles. The first-order chi connectivity index (χ1) is 29.8. The molecule has 0 fully saturated rings. The lowest BCUT2D eigenvalue weighted by atomic mass is 9.94. The van der Waals surface area contributed by atoms with Crippen LogP contribution in [0.3, 0.4) is 0 Å². The summed E-state index contributed by atoms with van der Waals surface area (Å²) in [5, 5.41) is 20.2. The van der Waals surface area contributed by atoms with Crippen LogP contribution in [0.2, 0.25) is 0 Å². The van der Waals surface area contributed by atoms with Gasteiger partial charge in [0, 0.05) is 44.3 Å². The highest BCUT2D eigenvalue weighted by Crippen LogP contribution is 2.58. The van der Waals surface area contributed by atoms with Gasteiger partial charge in [-0.15, -0.1) is 0 Å². The van der Waals surface area contributed by atoms with Crippen molar-refractivity contribution >= 4 is 120 Å².